The summed E-state index contributed by atoms with van der Waals surface area (Å²) in [4.78, 5) is 0. The van der Waals surface area contributed by atoms with Crippen molar-refractivity contribution in [3.8, 4) is 6.07 Å². The highest BCUT2D eigenvalue weighted by molar-refractivity contribution is 7.71. The summed E-state index contributed by atoms with van der Waals surface area (Å²) < 4.78 is 32.3. The zero-order chi connectivity index (χ0) is 19.7. The maximum atomic E-state index is 14.0. The van der Waals surface area contributed by atoms with E-state index in [4.69, 9.17) is 17.5 Å². The van der Waals surface area contributed by atoms with Gasteiger partial charge in [0.05, 0.1) is 11.6 Å². The Morgan fingerprint density at radius 1 is 1.14 bits per heavy atom. The number of imidazole rings is 1. The molecule has 1 heterocycles. The van der Waals surface area contributed by atoms with Crippen LogP contribution in [0.5, 0.6) is 0 Å². The van der Waals surface area contributed by atoms with Gasteiger partial charge in [0.1, 0.15) is 11.6 Å². The molecule has 0 bridgehead atoms. The van der Waals surface area contributed by atoms with Gasteiger partial charge in [-0.1, -0.05) is 12.1 Å². The number of fused-ring (bicyclic) bond motifs is 1. The molecule has 0 fully saturated rings. The molecule has 4 rings (SSSR count). The van der Waals surface area contributed by atoms with E-state index in [1.165, 1.54) is 6.07 Å². The summed E-state index contributed by atoms with van der Waals surface area (Å²) in [5.41, 5.74) is 3.16. The highest BCUT2D eigenvalue weighted by Gasteiger charge is 2.24. The van der Waals surface area contributed by atoms with Crippen LogP contribution in [-0.4, -0.2) is 9.13 Å². The lowest BCUT2D eigenvalue weighted by molar-refractivity contribution is 0.421. The first-order chi connectivity index (χ1) is 13.5. The van der Waals surface area contributed by atoms with Gasteiger partial charge in [0.25, 0.3) is 0 Å². The van der Waals surface area contributed by atoms with Gasteiger partial charge in [0.2, 0.25) is 0 Å². The van der Waals surface area contributed by atoms with Gasteiger partial charge in [-0.3, -0.25) is 0 Å². The molecule has 2 aromatic carbocycles. The molecule has 0 unspecified atom stereocenters. The fourth-order valence-corrected chi connectivity index (χ4v) is 4.26. The minimum atomic E-state index is -0.527. The van der Waals surface area contributed by atoms with Crippen molar-refractivity contribution >= 4 is 12.2 Å². The molecule has 0 radical (unpaired) electrons. The Bertz CT molecular complexity index is 1110. The Balaban J connectivity index is 1.49. The lowest BCUT2D eigenvalue weighted by Crippen LogP contribution is -2.20. The van der Waals surface area contributed by atoms with Crippen LogP contribution in [0.4, 0.5) is 8.78 Å². The number of halogens is 2. The summed E-state index contributed by atoms with van der Waals surface area (Å²) in [6, 6.07) is 12.2. The summed E-state index contributed by atoms with van der Waals surface area (Å²) in [5, 5.41) is 8.88. The Kier molecular flexibility index (Phi) is 5.10. The van der Waals surface area contributed by atoms with Crippen LogP contribution in [0.3, 0.4) is 0 Å². The molecule has 0 N–H and O–H groups in total. The number of rotatable bonds is 4. The van der Waals surface area contributed by atoms with Crippen molar-refractivity contribution in [2.45, 2.75) is 38.3 Å². The van der Waals surface area contributed by atoms with Gasteiger partial charge in [-0.15, -0.1) is 0 Å². The maximum absolute atomic E-state index is 14.0. The predicted molar refractivity (Wildman–Crippen MR) is 106 cm³/mol. The van der Waals surface area contributed by atoms with Gasteiger partial charge in [-0.05, 0) is 72.8 Å². The minimum absolute atomic E-state index is 0.109. The van der Waals surface area contributed by atoms with Crippen molar-refractivity contribution in [3.63, 3.8) is 0 Å². The second-order valence-electron chi connectivity index (χ2n) is 7.16. The van der Waals surface area contributed by atoms with Crippen LogP contribution in [0.15, 0.2) is 48.8 Å². The van der Waals surface area contributed by atoms with Crippen LogP contribution in [0.1, 0.15) is 34.7 Å². The van der Waals surface area contributed by atoms with Gasteiger partial charge in [0, 0.05) is 31.0 Å². The molecule has 0 saturated carbocycles. The van der Waals surface area contributed by atoms with Crippen LogP contribution in [0, 0.1) is 27.7 Å². The molecular weight excluding hydrogens is 376 g/mol. The number of nitrogens with zero attached hydrogens (tertiary/aromatic N) is 3. The number of hydrogen-bond donors (Lipinski definition) is 0. The third-order valence-electron chi connectivity index (χ3n) is 5.43. The molecule has 0 spiro atoms. The summed E-state index contributed by atoms with van der Waals surface area (Å²) in [6.45, 7) is 0.740. The molecule has 6 heteroatoms. The first-order valence-electron chi connectivity index (χ1n) is 9.28. The highest BCUT2D eigenvalue weighted by atomic mass is 32.1. The lowest BCUT2D eigenvalue weighted by Gasteiger charge is -2.26. The molecule has 28 heavy (non-hydrogen) atoms. The van der Waals surface area contributed by atoms with Gasteiger partial charge < -0.3 is 9.13 Å². The predicted octanol–water partition coefficient (Wildman–Crippen LogP) is 5.14. The number of aromatic nitrogens is 2. The van der Waals surface area contributed by atoms with Gasteiger partial charge in [0.15, 0.2) is 4.77 Å². The average Bonchev–Trinajstić information content (AvgIpc) is 3.06. The number of benzene rings is 2. The van der Waals surface area contributed by atoms with Gasteiger partial charge in [-0.2, -0.15) is 5.26 Å². The molecule has 1 aromatic heterocycles. The van der Waals surface area contributed by atoms with Crippen molar-refractivity contribution in [1.82, 2.24) is 9.13 Å². The quantitative estimate of drug-likeness (QED) is 0.573. The summed E-state index contributed by atoms with van der Waals surface area (Å²) in [6.07, 6.45) is 6.69. The van der Waals surface area contributed by atoms with Crippen molar-refractivity contribution in [1.29, 1.82) is 5.26 Å². The Labute approximate surface area is 167 Å². The van der Waals surface area contributed by atoms with E-state index in [9.17, 15) is 8.78 Å². The molecule has 3 nitrogen and oxygen atoms in total. The van der Waals surface area contributed by atoms with Gasteiger partial charge in [-0.25, -0.2) is 8.78 Å². The molecule has 142 valence electrons. The fourth-order valence-electron chi connectivity index (χ4n) is 3.89. The standard InChI is InChI=1S/C22H19F2N3S/c23-18-11-17-12-19(5-6-20(17)21(24)13-18)27-10-9-26(22(27)28)8-7-15-1-3-16(14-25)4-2-15/h1-4,9-11,13,19H,5-8,12H2/t19-/m0/s1. The third-order valence-corrected chi connectivity index (χ3v) is 5.87. The zero-order valence-electron chi connectivity index (χ0n) is 15.2. The van der Waals surface area contributed by atoms with Crippen LogP contribution in [0.2, 0.25) is 0 Å². The van der Waals surface area contributed by atoms with E-state index < -0.39 is 11.6 Å². The third kappa shape index (κ3) is 3.63. The van der Waals surface area contributed by atoms with E-state index in [1.807, 2.05) is 45.8 Å². The summed E-state index contributed by atoms with van der Waals surface area (Å²) in [7, 11) is 0. The van der Waals surface area contributed by atoms with Crippen LogP contribution in [-0.2, 0) is 25.8 Å². The van der Waals surface area contributed by atoms with Crippen molar-refractivity contribution in [2.24, 2.45) is 0 Å². The molecule has 1 aliphatic rings. The van der Waals surface area contributed by atoms with E-state index in [-0.39, 0.29) is 6.04 Å². The first-order valence-corrected chi connectivity index (χ1v) is 9.69. The fraction of sp³-hybridized carbons (Fsp3) is 0.273. The highest BCUT2D eigenvalue weighted by Crippen LogP contribution is 2.31. The number of hydrogen-bond acceptors (Lipinski definition) is 2. The SMILES string of the molecule is N#Cc1ccc(CCn2ccn([C@H]3CCc4c(F)cc(F)cc4C3)c2=S)cc1. The second kappa shape index (κ2) is 7.69. The van der Waals surface area contributed by atoms with E-state index >= 15 is 0 Å². The first kappa shape index (κ1) is 18.6. The van der Waals surface area contributed by atoms with Crippen LogP contribution < -0.4 is 0 Å². The largest absolute Gasteiger partial charge is 0.323 e. The average molecular weight is 395 g/mol. The van der Waals surface area contributed by atoms with Crippen molar-refractivity contribution in [3.05, 3.63) is 87.5 Å². The van der Waals surface area contributed by atoms with Crippen LogP contribution >= 0.6 is 12.2 Å². The van der Waals surface area contributed by atoms with Gasteiger partial charge >= 0.3 is 0 Å². The summed E-state index contributed by atoms with van der Waals surface area (Å²) >= 11 is 5.65. The Hall–Kier alpha value is -2.78. The molecular formula is C22H19F2N3S. The minimum Gasteiger partial charge on any atom is -0.323 e. The lowest BCUT2D eigenvalue weighted by atomic mass is 9.87. The van der Waals surface area contributed by atoms with E-state index in [0.717, 1.165) is 41.4 Å². The van der Waals surface area contributed by atoms with E-state index in [1.54, 1.807) is 0 Å². The molecule has 0 aliphatic heterocycles. The zero-order valence-corrected chi connectivity index (χ0v) is 16.1. The van der Waals surface area contributed by atoms with E-state index in [0.29, 0.717) is 24.0 Å². The van der Waals surface area contributed by atoms with Crippen molar-refractivity contribution < 1.29 is 8.78 Å². The Morgan fingerprint density at radius 3 is 2.68 bits per heavy atom. The smallest absolute Gasteiger partial charge is 0.180 e. The number of aryl methyl sites for hydroxylation is 2. The molecule has 1 atom stereocenters. The normalized spacial score (nSPS) is 15.8. The van der Waals surface area contributed by atoms with Crippen molar-refractivity contribution in [2.75, 3.05) is 0 Å². The second-order valence-corrected chi connectivity index (χ2v) is 7.53. The molecule has 3 aromatic rings. The topological polar surface area (TPSA) is 33.6 Å². The number of nitriles is 1. The maximum Gasteiger partial charge on any atom is 0.180 e. The molecule has 0 saturated heterocycles. The van der Waals surface area contributed by atoms with Crippen LogP contribution in [0.25, 0.3) is 0 Å². The van der Waals surface area contributed by atoms with E-state index in [2.05, 4.69) is 6.07 Å². The summed E-state index contributed by atoms with van der Waals surface area (Å²) in [5.74, 6) is -0.975. The monoisotopic (exact) mass is 395 g/mol. The molecule has 0 amide bonds. The molecule has 1 aliphatic carbocycles. The Morgan fingerprint density at radius 2 is 1.93 bits per heavy atom.